The fourth-order valence-corrected chi connectivity index (χ4v) is 1.62. The molecule has 0 saturated carbocycles. The fourth-order valence-electron chi connectivity index (χ4n) is 1.62. The van der Waals surface area contributed by atoms with E-state index in [-0.39, 0.29) is 12.5 Å². The number of hydrogen-bond acceptors (Lipinski definition) is 3. The highest BCUT2D eigenvalue weighted by atomic mass is 16.1. The Morgan fingerprint density at radius 1 is 1.60 bits per heavy atom. The van der Waals surface area contributed by atoms with Crippen LogP contribution in [-0.2, 0) is 4.79 Å². The molecule has 0 unspecified atom stereocenters. The van der Waals surface area contributed by atoms with E-state index >= 15 is 0 Å². The molecule has 0 aromatic rings. The zero-order valence-electron chi connectivity index (χ0n) is 8.88. The van der Waals surface area contributed by atoms with E-state index in [1.165, 1.54) is 24.8 Å². The minimum Gasteiger partial charge on any atom is -0.342 e. The molecule has 1 aliphatic rings. The highest BCUT2D eigenvalue weighted by molar-refractivity contribution is 5.78. The number of amides is 1. The van der Waals surface area contributed by atoms with Gasteiger partial charge in [-0.05, 0) is 32.2 Å². The summed E-state index contributed by atoms with van der Waals surface area (Å²) >= 11 is 0. The third-order valence-corrected chi connectivity index (χ3v) is 2.41. The summed E-state index contributed by atoms with van der Waals surface area (Å²) in [6.07, 6.45) is 7.02. The Hall–Kier alpha value is -1.34. The quantitative estimate of drug-likeness (QED) is 0.383. The maximum atomic E-state index is 11.1. The molecule has 1 amide bonds. The summed E-state index contributed by atoms with van der Waals surface area (Å²) in [6.45, 7) is 1.23. The second kappa shape index (κ2) is 7.02. The van der Waals surface area contributed by atoms with Gasteiger partial charge in [0.2, 0.25) is 5.91 Å². The first kappa shape index (κ1) is 11.7. The molecule has 0 aromatic heterocycles. The lowest BCUT2D eigenvalue weighted by Gasteiger charge is -2.04. The summed E-state index contributed by atoms with van der Waals surface area (Å²) in [5.74, 6) is -0.114. The molecule has 4 nitrogen and oxygen atoms in total. The first-order valence-electron chi connectivity index (χ1n) is 5.35. The average Bonchev–Trinajstić information content (AvgIpc) is 2.74. The van der Waals surface area contributed by atoms with Gasteiger partial charge in [0.1, 0.15) is 6.54 Å². The highest BCUT2D eigenvalue weighted by Crippen LogP contribution is 2.19. The van der Waals surface area contributed by atoms with Crippen molar-refractivity contribution in [1.29, 1.82) is 5.26 Å². The monoisotopic (exact) mass is 207 g/mol. The Morgan fingerprint density at radius 3 is 3.13 bits per heavy atom. The Balaban J connectivity index is 1.96. The van der Waals surface area contributed by atoms with Crippen LogP contribution in [0.2, 0.25) is 0 Å². The fraction of sp³-hybridized carbons (Fsp3) is 0.636. The topological polar surface area (TPSA) is 64.9 Å². The first-order valence-corrected chi connectivity index (χ1v) is 5.35. The molecular formula is C11H17N3O. The molecule has 1 aliphatic carbocycles. The van der Waals surface area contributed by atoms with Crippen molar-refractivity contribution in [1.82, 2.24) is 10.6 Å². The van der Waals surface area contributed by atoms with Gasteiger partial charge in [-0.1, -0.05) is 11.6 Å². The number of carbonyl (C=O) groups is 1. The van der Waals surface area contributed by atoms with Crippen LogP contribution in [0.3, 0.4) is 0 Å². The standard InChI is InChI=1S/C11H17N3O/c12-6-8-14-11(15)9-13-7-5-10-3-1-2-4-10/h3,13H,1-2,4-5,7-9H2,(H,14,15). The second-order valence-electron chi connectivity index (χ2n) is 3.62. The van der Waals surface area contributed by atoms with Gasteiger partial charge in [-0.25, -0.2) is 0 Å². The maximum absolute atomic E-state index is 11.1. The van der Waals surface area contributed by atoms with E-state index in [2.05, 4.69) is 16.7 Å². The van der Waals surface area contributed by atoms with Crippen LogP contribution in [-0.4, -0.2) is 25.5 Å². The van der Waals surface area contributed by atoms with Crippen molar-refractivity contribution < 1.29 is 4.79 Å². The molecule has 0 radical (unpaired) electrons. The van der Waals surface area contributed by atoms with Gasteiger partial charge >= 0.3 is 0 Å². The molecule has 0 aliphatic heterocycles. The summed E-state index contributed by atoms with van der Waals surface area (Å²) in [7, 11) is 0. The van der Waals surface area contributed by atoms with Crippen LogP contribution in [0.1, 0.15) is 25.7 Å². The zero-order chi connectivity index (χ0) is 10.9. The molecule has 1 rings (SSSR count). The Bertz CT molecular complexity index is 278. The lowest BCUT2D eigenvalue weighted by molar-refractivity contribution is -0.120. The van der Waals surface area contributed by atoms with Gasteiger partial charge in [-0.3, -0.25) is 4.79 Å². The molecule has 0 spiro atoms. The minimum absolute atomic E-state index is 0.0890. The molecule has 0 saturated heterocycles. The Kier molecular flexibility index (Phi) is 5.49. The largest absolute Gasteiger partial charge is 0.342 e. The van der Waals surface area contributed by atoms with Gasteiger partial charge in [-0.15, -0.1) is 0 Å². The van der Waals surface area contributed by atoms with Crippen molar-refractivity contribution in [2.45, 2.75) is 25.7 Å². The molecule has 0 aromatic carbocycles. The number of allylic oxidation sites excluding steroid dienone is 1. The molecule has 2 N–H and O–H groups in total. The predicted molar refractivity (Wildman–Crippen MR) is 58.0 cm³/mol. The van der Waals surface area contributed by atoms with Crippen LogP contribution in [0.4, 0.5) is 0 Å². The Labute approximate surface area is 90.3 Å². The van der Waals surface area contributed by atoms with Crippen LogP contribution in [0, 0.1) is 11.3 Å². The minimum atomic E-state index is -0.114. The van der Waals surface area contributed by atoms with E-state index in [9.17, 15) is 4.79 Å². The number of carbonyl (C=O) groups excluding carboxylic acids is 1. The van der Waals surface area contributed by atoms with Crippen molar-refractivity contribution in [3.63, 3.8) is 0 Å². The molecule has 15 heavy (non-hydrogen) atoms. The first-order chi connectivity index (χ1) is 7.33. The summed E-state index contributed by atoms with van der Waals surface area (Å²) in [5, 5.41) is 13.8. The normalized spacial score (nSPS) is 14.5. The van der Waals surface area contributed by atoms with Gasteiger partial charge in [0, 0.05) is 0 Å². The SMILES string of the molecule is N#CCNC(=O)CNCCC1=CCCC1. The number of nitriles is 1. The van der Waals surface area contributed by atoms with Crippen LogP contribution >= 0.6 is 0 Å². The lowest BCUT2D eigenvalue weighted by atomic mass is 10.2. The third kappa shape index (κ3) is 5.18. The van der Waals surface area contributed by atoms with E-state index < -0.39 is 0 Å². The van der Waals surface area contributed by atoms with Gasteiger partial charge in [0.05, 0.1) is 12.6 Å². The predicted octanol–water partition coefficient (Wildman–Crippen LogP) is 0.716. The van der Waals surface area contributed by atoms with Crippen LogP contribution < -0.4 is 10.6 Å². The summed E-state index contributed by atoms with van der Waals surface area (Å²) in [5.41, 5.74) is 1.50. The second-order valence-corrected chi connectivity index (χ2v) is 3.62. The van der Waals surface area contributed by atoms with E-state index in [1.54, 1.807) is 0 Å². The zero-order valence-corrected chi connectivity index (χ0v) is 8.88. The van der Waals surface area contributed by atoms with E-state index in [0.29, 0.717) is 6.54 Å². The van der Waals surface area contributed by atoms with Crippen molar-refractivity contribution >= 4 is 5.91 Å². The smallest absolute Gasteiger partial charge is 0.234 e. The van der Waals surface area contributed by atoms with E-state index in [1.807, 2.05) is 6.07 Å². The summed E-state index contributed by atoms with van der Waals surface area (Å²) < 4.78 is 0. The highest BCUT2D eigenvalue weighted by Gasteiger charge is 2.04. The van der Waals surface area contributed by atoms with Crippen LogP contribution in [0.15, 0.2) is 11.6 Å². The third-order valence-electron chi connectivity index (χ3n) is 2.41. The molecule has 0 fully saturated rings. The van der Waals surface area contributed by atoms with Crippen LogP contribution in [0.5, 0.6) is 0 Å². The van der Waals surface area contributed by atoms with Gasteiger partial charge in [-0.2, -0.15) is 5.26 Å². The summed E-state index contributed by atoms with van der Waals surface area (Å²) in [4.78, 5) is 11.1. The van der Waals surface area contributed by atoms with Crippen molar-refractivity contribution in [2.75, 3.05) is 19.6 Å². The molecular weight excluding hydrogens is 190 g/mol. The molecule has 0 atom stereocenters. The van der Waals surface area contributed by atoms with Gasteiger partial charge in [0.25, 0.3) is 0 Å². The summed E-state index contributed by atoms with van der Waals surface area (Å²) in [6, 6.07) is 1.86. The number of nitrogens with one attached hydrogen (secondary N) is 2. The molecule has 4 heteroatoms. The molecule has 82 valence electrons. The maximum Gasteiger partial charge on any atom is 0.234 e. The van der Waals surface area contributed by atoms with Crippen LogP contribution in [0.25, 0.3) is 0 Å². The number of rotatable bonds is 6. The number of hydrogen-bond donors (Lipinski definition) is 2. The van der Waals surface area contributed by atoms with Gasteiger partial charge < -0.3 is 10.6 Å². The van der Waals surface area contributed by atoms with Crippen molar-refractivity contribution in [3.05, 3.63) is 11.6 Å². The van der Waals surface area contributed by atoms with Crippen molar-refractivity contribution in [3.8, 4) is 6.07 Å². The van der Waals surface area contributed by atoms with Crippen molar-refractivity contribution in [2.24, 2.45) is 0 Å². The van der Waals surface area contributed by atoms with Gasteiger partial charge in [0.15, 0.2) is 0 Å². The molecule has 0 bridgehead atoms. The number of nitrogens with zero attached hydrogens (tertiary/aromatic N) is 1. The van der Waals surface area contributed by atoms with E-state index in [0.717, 1.165) is 13.0 Å². The van der Waals surface area contributed by atoms with E-state index in [4.69, 9.17) is 5.26 Å². The average molecular weight is 207 g/mol. The lowest BCUT2D eigenvalue weighted by Crippen LogP contribution is -2.34. The molecule has 0 heterocycles. The Morgan fingerprint density at radius 2 is 2.47 bits per heavy atom.